The number of aromatic hydroxyl groups is 1. The Balaban J connectivity index is 1.23. The zero-order chi connectivity index (χ0) is 35.1. The van der Waals surface area contributed by atoms with Crippen LogP contribution in [0.1, 0.15) is 24.3 Å². The number of amides is 4. The van der Waals surface area contributed by atoms with Gasteiger partial charge in [0.15, 0.2) is 9.75 Å². The van der Waals surface area contributed by atoms with Crippen LogP contribution in [0.3, 0.4) is 0 Å². The second kappa shape index (κ2) is 11.8. The van der Waals surface area contributed by atoms with E-state index < -0.39 is 57.0 Å². The van der Waals surface area contributed by atoms with E-state index >= 15 is 0 Å². The average molecular weight is 721 g/mol. The summed E-state index contributed by atoms with van der Waals surface area (Å²) < 4.78 is 25.0. The Kier molecular flexibility index (Phi) is 7.74. The Morgan fingerprint density at radius 1 is 0.840 bits per heavy atom. The maximum absolute atomic E-state index is 14.6. The quantitative estimate of drug-likeness (QED) is 0.219. The molecule has 6 atom stereocenters. The molecule has 13 heteroatoms. The van der Waals surface area contributed by atoms with Gasteiger partial charge in [-0.3, -0.25) is 24.1 Å². The van der Waals surface area contributed by atoms with Gasteiger partial charge in [0.1, 0.15) is 17.3 Å². The number of alkyl halides is 2. The number of nitrogens with zero attached hydrogens (tertiary/aromatic N) is 3. The molecule has 4 amide bonds. The third-order valence-electron chi connectivity index (χ3n) is 10.9. The minimum absolute atomic E-state index is 0.0625. The molecule has 4 fully saturated rings. The maximum Gasteiger partial charge on any atom is 0.258 e. The van der Waals surface area contributed by atoms with Crippen LogP contribution < -0.4 is 19.4 Å². The lowest BCUT2D eigenvalue weighted by Crippen LogP contribution is -2.60. The van der Waals surface area contributed by atoms with Crippen LogP contribution in [-0.4, -0.2) is 71.9 Å². The van der Waals surface area contributed by atoms with Crippen LogP contribution in [-0.2, 0) is 23.9 Å². The number of carbonyl (C=O) groups is 4. The van der Waals surface area contributed by atoms with Crippen LogP contribution in [0, 0.1) is 23.6 Å². The highest BCUT2D eigenvalue weighted by atomic mass is 35.5. The van der Waals surface area contributed by atoms with Crippen molar-refractivity contribution in [2.45, 2.75) is 28.5 Å². The molecule has 10 nitrogen and oxygen atoms in total. The van der Waals surface area contributed by atoms with Gasteiger partial charge in [-0.1, -0.05) is 17.7 Å². The molecule has 258 valence electrons. The lowest BCUT2D eigenvalue weighted by Gasteiger charge is -2.50. The van der Waals surface area contributed by atoms with Gasteiger partial charge < -0.3 is 19.5 Å². The number of phenols is 1. The lowest BCUT2D eigenvalue weighted by atomic mass is 9.56. The van der Waals surface area contributed by atoms with Gasteiger partial charge in [0.2, 0.25) is 11.8 Å². The number of methoxy groups -OCH3 is 1. The van der Waals surface area contributed by atoms with Crippen molar-refractivity contribution in [2.75, 3.05) is 48.1 Å². The topological polar surface area (TPSA) is 117 Å². The molecule has 8 rings (SSSR count). The Morgan fingerprint density at radius 3 is 2.16 bits per heavy atom. The summed E-state index contributed by atoms with van der Waals surface area (Å²) in [5, 5.41) is 11.3. The second-order valence-electron chi connectivity index (χ2n) is 13.3. The molecule has 50 heavy (non-hydrogen) atoms. The first kappa shape index (κ1) is 32.7. The van der Waals surface area contributed by atoms with Crippen molar-refractivity contribution >= 4 is 63.9 Å². The number of rotatable bonds is 5. The van der Waals surface area contributed by atoms with Crippen molar-refractivity contribution in [3.05, 3.63) is 89.8 Å². The molecular formula is C37H32Cl2FN3O7. The second-order valence-corrected chi connectivity index (χ2v) is 14.5. The number of fused-ring (bicyclic) bond motifs is 4. The van der Waals surface area contributed by atoms with E-state index in [1.807, 2.05) is 12.1 Å². The van der Waals surface area contributed by atoms with Crippen molar-refractivity contribution in [1.82, 2.24) is 0 Å². The summed E-state index contributed by atoms with van der Waals surface area (Å²) in [7, 11) is 1.40. The van der Waals surface area contributed by atoms with Crippen LogP contribution in [0.25, 0.3) is 0 Å². The van der Waals surface area contributed by atoms with Gasteiger partial charge in [0, 0.05) is 30.3 Å². The third-order valence-corrected chi connectivity index (χ3v) is 12.3. The fourth-order valence-corrected chi connectivity index (χ4v) is 9.52. The van der Waals surface area contributed by atoms with Crippen molar-refractivity contribution in [1.29, 1.82) is 0 Å². The molecule has 0 radical (unpaired) electrons. The first-order valence-corrected chi connectivity index (χ1v) is 17.2. The van der Waals surface area contributed by atoms with Gasteiger partial charge in [-0.15, -0.1) is 23.2 Å². The summed E-state index contributed by atoms with van der Waals surface area (Å²) in [6.45, 7) is 2.68. The molecule has 3 saturated heterocycles. The monoisotopic (exact) mass is 719 g/mol. The molecule has 1 saturated carbocycles. The van der Waals surface area contributed by atoms with Gasteiger partial charge in [-0.25, -0.2) is 9.29 Å². The molecule has 3 aromatic carbocycles. The largest absolute Gasteiger partial charge is 0.508 e. The lowest BCUT2D eigenvalue weighted by molar-refractivity contribution is -0.125. The fraction of sp³-hybridized carbons (Fsp3) is 0.351. The molecule has 3 aliphatic heterocycles. The summed E-state index contributed by atoms with van der Waals surface area (Å²) in [5.74, 6) is -6.93. The van der Waals surface area contributed by atoms with E-state index in [0.717, 1.165) is 35.8 Å². The zero-order valence-electron chi connectivity index (χ0n) is 26.9. The zero-order valence-corrected chi connectivity index (χ0v) is 28.4. The Hall–Kier alpha value is -4.45. The standard InChI is InChI=1S/C37H32Cl2FN3O7/c1-49-28-4-2-3-27(44)30(28)31-24-13-14-25-29(33(46)42(32(25)45)22-11-9-21(10-12-22)41-15-17-50-18-16-41)26(24)19-36(38)34(47)43(35(48)37(31,36)39)23-7-5-20(40)6-8-23/h2-13,25-26,29,31,44H,14-19H2,1H3/t25-,26+,29-,31+,36+,37-/m0/s1. The number of hydrogen-bond donors (Lipinski definition) is 1. The Bertz CT molecular complexity index is 1970. The van der Waals surface area contributed by atoms with E-state index in [0.29, 0.717) is 24.5 Å². The number of imide groups is 2. The Labute approximate surface area is 296 Å². The minimum Gasteiger partial charge on any atom is -0.508 e. The number of carbonyl (C=O) groups excluding carboxylic acids is 4. The van der Waals surface area contributed by atoms with E-state index in [9.17, 15) is 28.7 Å². The molecule has 0 unspecified atom stereocenters. The van der Waals surface area contributed by atoms with Gasteiger partial charge in [0.05, 0.1) is 43.5 Å². The molecule has 2 aliphatic carbocycles. The number of phenolic OH excluding ortho intramolecular Hbond substituents is 1. The van der Waals surface area contributed by atoms with Crippen LogP contribution in [0.2, 0.25) is 0 Å². The highest BCUT2D eigenvalue weighted by molar-refractivity contribution is 6.58. The predicted octanol–water partition coefficient (Wildman–Crippen LogP) is 5.14. The van der Waals surface area contributed by atoms with Gasteiger partial charge in [0.25, 0.3) is 11.8 Å². The minimum atomic E-state index is -2.21. The van der Waals surface area contributed by atoms with Crippen LogP contribution >= 0.6 is 23.2 Å². The van der Waals surface area contributed by atoms with Crippen molar-refractivity contribution < 1.29 is 38.1 Å². The van der Waals surface area contributed by atoms with E-state index in [2.05, 4.69) is 4.90 Å². The predicted molar refractivity (Wildman–Crippen MR) is 183 cm³/mol. The Morgan fingerprint density at radius 2 is 1.48 bits per heavy atom. The number of ether oxygens (including phenoxy) is 2. The highest BCUT2D eigenvalue weighted by Gasteiger charge is 2.77. The third kappa shape index (κ3) is 4.49. The number of halogens is 3. The number of anilines is 3. The van der Waals surface area contributed by atoms with E-state index in [1.165, 1.54) is 30.2 Å². The average Bonchev–Trinajstić information content (AvgIpc) is 3.47. The highest BCUT2D eigenvalue weighted by Crippen LogP contribution is 2.67. The van der Waals surface area contributed by atoms with E-state index in [4.69, 9.17) is 32.7 Å². The fourth-order valence-electron chi connectivity index (χ4n) is 8.61. The molecular weight excluding hydrogens is 688 g/mol. The van der Waals surface area contributed by atoms with E-state index in [1.54, 1.807) is 30.3 Å². The molecule has 1 N–H and O–H groups in total. The van der Waals surface area contributed by atoms with Crippen molar-refractivity contribution in [3.63, 3.8) is 0 Å². The maximum atomic E-state index is 14.6. The molecule has 3 aromatic rings. The smallest absolute Gasteiger partial charge is 0.258 e. The van der Waals surface area contributed by atoms with Crippen molar-refractivity contribution in [2.24, 2.45) is 17.8 Å². The summed E-state index contributed by atoms with van der Waals surface area (Å²) in [6, 6.07) is 16.6. The van der Waals surface area contributed by atoms with E-state index in [-0.39, 0.29) is 41.5 Å². The van der Waals surface area contributed by atoms with Crippen LogP contribution in [0.15, 0.2) is 78.4 Å². The first-order valence-electron chi connectivity index (χ1n) is 16.4. The normalized spacial score (nSPS) is 30.6. The SMILES string of the molecule is COc1cccc(O)c1[C@H]1C2=CC[C@@H]3C(=O)N(c4ccc(N5CCOCC5)cc4)C(=O)[C@@H]3[C@@H]2C[C@@]2(Cl)C(=O)N(c3ccc(F)cc3)C(=O)[C@@]12Cl. The summed E-state index contributed by atoms with van der Waals surface area (Å²) >= 11 is 14.8. The van der Waals surface area contributed by atoms with Gasteiger partial charge in [-0.05, 0) is 79.4 Å². The number of morpholine rings is 1. The molecule has 5 aliphatic rings. The first-order chi connectivity index (χ1) is 24.0. The van der Waals surface area contributed by atoms with Crippen molar-refractivity contribution in [3.8, 4) is 11.5 Å². The molecule has 0 bridgehead atoms. The van der Waals surface area contributed by atoms with Gasteiger partial charge in [-0.2, -0.15) is 0 Å². The summed E-state index contributed by atoms with van der Waals surface area (Å²) in [6.07, 6.45) is 1.70. The van der Waals surface area contributed by atoms with Crippen LogP contribution in [0.4, 0.5) is 21.5 Å². The van der Waals surface area contributed by atoms with Crippen LogP contribution in [0.5, 0.6) is 11.5 Å². The number of hydrogen-bond acceptors (Lipinski definition) is 8. The molecule has 3 heterocycles. The van der Waals surface area contributed by atoms with Gasteiger partial charge >= 0.3 is 0 Å². The number of allylic oxidation sites excluding steroid dienone is 2. The molecule has 0 spiro atoms. The molecule has 0 aromatic heterocycles. The summed E-state index contributed by atoms with van der Waals surface area (Å²) in [4.78, 5) is 57.4. The number of benzene rings is 3. The summed E-state index contributed by atoms with van der Waals surface area (Å²) in [5.41, 5.74) is 2.06.